The number of hydrogen-bond acceptors (Lipinski definition) is 3. The highest BCUT2D eigenvalue weighted by molar-refractivity contribution is 9.10. The topological polar surface area (TPSA) is 55.6 Å². The van der Waals surface area contributed by atoms with Crippen LogP contribution in [0, 0.1) is 0 Å². The molecule has 1 fully saturated rings. The minimum atomic E-state index is -0.484. The molecule has 0 spiro atoms. The summed E-state index contributed by atoms with van der Waals surface area (Å²) in [4.78, 5) is 14.3. The third-order valence-corrected chi connectivity index (χ3v) is 4.27. The lowest BCUT2D eigenvalue weighted by molar-refractivity contribution is -0.138. The fourth-order valence-electron chi connectivity index (χ4n) is 2.59. The third-order valence-electron chi connectivity index (χ3n) is 3.78. The monoisotopic (exact) mass is 354 g/mol. The molecule has 1 saturated heterocycles. The normalized spacial score (nSPS) is 18.2. The van der Waals surface area contributed by atoms with Gasteiger partial charge >= 0.3 is 0 Å². The molecule has 116 valence electrons. The number of piperidine rings is 1. The molecular weight excluding hydrogens is 332 g/mol. The molecule has 5 heteroatoms. The van der Waals surface area contributed by atoms with E-state index in [4.69, 9.17) is 10.5 Å². The fraction of sp³-hybridized carbons (Fsp3) is 0.562. The Morgan fingerprint density at radius 1 is 1.29 bits per heavy atom. The molecule has 1 amide bonds. The summed E-state index contributed by atoms with van der Waals surface area (Å²) in [6.07, 6.45) is 2.89. The molecule has 4 nitrogen and oxygen atoms in total. The lowest BCUT2D eigenvalue weighted by Crippen LogP contribution is -2.43. The number of halogens is 1. The Morgan fingerprint density at radius 3 is 2.57 bits per heavy atom. The van der Waals surface area contributed by atoms with E-state index in [1.54, 1.807) is 0 Å². The molecule has 0 aromatic heterocycles. The van der Waals surface area contributed by atoms with E-state index < -0.39 is 6.10 Å². The zero-order valence-electron chi connectivity index (χ0n) is 12.6. The minimum Gasteiger partial charge on any atom is -0.481 e. The second-order valence-electron chi connectivity index (χ2n) is 5.62. The van der Waals surface area contributed by atoms with Gasteiger partial charge in [-0.15, -0.1) is 0 Å². The maximum atomic E-state index is 12.4. The number of rotatable bonds is 4. The highest BCUT2D eigenvalue weighted by atomic mass is 79.9. The molecule has 1 heterocycles. The zero-order chi connectivity index (χ0) is 15.4. The van der Waals surface area contributed by atoms with Crippen LogP contribution in [-0.2, 0) is 4.79 Å². The van der Waals surface area contributed by atoms with Crippen LogP contribution in [0.5, 0.6) is 5.75 Å². The Balaban J connectivity index is 2.08. The first-order valence-corrected chi connectivity index (χ1v) is 8.29. The highest BCUT2D eigenvalue weighted by Gasteiger charge is 2.24. The van der Waals surface area contributed by atoms with Gasteiger partial charge in [0.15, 0.2) is 6.10 Å². The maximum absolute atomic E-state index is 12.4. The van der Waals surface area contributed by atoms with Gasteiger partial charge in [-0.1, -0.05) is 15.9 Å². The molecule has 2 N–H and O–H groups in total. The van der Waals surface area contributed by atoms with Gasteiger partial charge in [0.2, 0.25) is 0 Å². The average Bonchev–Trinajstić information content (AvgIpc) is 2.49. The Kier molecular flexibility index (Phi) is 5.65. The molecule has 0 aliphatic carbocycles. The number of hydrogen-bond donors (Lipinski definition) is 1. The first kappa shape index (κ1) is 16.3. The SMILES string of the molecule is CC(Oc1ccc(Br)cc1[C@@H](C)N)C(=O)N1CCCCC1. The number of nitrogens with zero attached hydrogens (tertiary/aromatic N) is 1. The fourth-order valence-corrected chi connectivity index (χ4v) is 2.97. The highest BCUT2D eigenvalue weighted by Crippen LogP contribution is 2.28. The zero-order valence-corrected chi connectivity index (χ0v) is 14.2. The molecular formula is C16H23BrN2O2. The van der Waals surface area contributed by atoms with Crippen molar-refractivity contribution in [3.05, 3.63) is 28.2 Å². The molecule has 2 atom stereocenters. The smallest absolute Gasteiger partial charge is 0.263 e. The predicted octanol–water partition coefficient (Wildman–Crippen LogP) is 3.25. The van der Waals surface area contributed by atoms with Crippen LogP contribution in [0.2, 0.25) is 0 Å². The summed E-state index contributed by atoms with van der Waals surface area (Å²) in [5.74, 6) is 0.749. The lowest BCUT2D eigenvalue weighted by atomic mass is 10.1. The quantitative estimate of drug-likeness (QED) is 0.902. The summed E-state index contributed by atoms with van der Waals surface area (Å²) in [6.45, 7) is 5.40. The number of benzene rings is 1. The van der Waals surface area contributed by atoms with Crippen LogP contribution >= 0.6 is 15.9 Å². The van der Waals surface area contributed by atoms with Crippen molar-refractivity contribution in [3.63, 3.8) is 0 Å². The average molecular weight is 355 g/mol. The van der Waals surface area contributed by atoms with Crippen molar-refractivity contribution in [1.29, 1.82) is 0 Å². The van der Waals surface area contributed by atoms with E-state index in [0.29, 0.717) is 5.75 Å². The van der Waals surface area contributed by atoms with Gasteiger partial charge in [0.1, 0.15) is 5.75 Å². The minimum absolute atomic E-state index is 0.0632. The van der Waals surface area contributed by atoms with Gasteiger partial charge in [-0.25, -0.2) is 0 Å². The van der Waals surface area contributed by atoms with Gasteiger partial charge in [0.05, 0.1) is 0 Å². The number of amides is 1. The lowest BCUT2D eigenvalue weighted by Gasteiger charge is -2.29. The largest absolute Gasteiger partial charge is 0.481 e. The van der Waals surface area contributed by atoms with Gasteiger partial charge in [-0.05, 0) is 51.3 Å². The molecule has 1 aromatic carbocycles. The molecule has 21 heavy (non-hydrogen) atoms. The van der Waals surface area contributed by atoms with Gasteiger partial charge in [0.25, 0.3) is 5.91 Å². The Hall–Kier alpha value is -1.07. The van der Waals surface area contributed by atoms with Crippen LogP contribution in [-0.4, -0.2) is 30.0 Å². The van der Waals surface area contributed by atoms with Gasteiger partial charge in [-0.2, -0.15) is 0 Å². The molecule has 0 radical (unpaired) electrons. The van der Waals surface area contributed by atoms with E-state index in [2.05, 4.69) is 15.9 Å². The second kappa shape index (κ2) is 7.27. The van der Waals surface area contributed by atoms with Gasteiger partial charge in [0, 0.05) is 29.2 Å². The summed E-state index contributed by atoms with van der Waals surface area (Å²) in [5, 5.41) is 0. The number of nitrogens with two attached hydrogens (primary N) is 1. The first-order valence-electron chi connectivity index (χ1n) is 7.49. The maximum Gasteiger partial charge on any atom is 0.263 e. The van der Waals surface area contributed by atoms with Crippen LogP contribution in [0.15, 0.2) is 22.7 Å². The summed E-state index contributed by atoms with van der Waals surface area (Å²) in [7, 11) is 0. The van der Waals surface area contributed by atoms with Crippen LogP contribution in [0.25, 0.3) is 0 Å². The van der Waals surface area contributed by atoms with Crippen molar-refractivity contribution in [2.75, 3.05) is 13.1 Å². The summed E-state index contributed by atoms with van der Waals surface area (Å²) in [6, 6.07) is 5.56. The van der Waals surface area contributed by atoms with Crippen molar-refractivity contribution < 1.29 is 9.53 Å². The Labute approximate surface area is 134 Å². The second-order valence-corrected chi connectivity index (χ2v) is 6.53. The van der Waals surface area contributed by atoms with E-state index in [9.17, 15) is 4.79 Å². The van der Waals surface area contributed by atoms with Crippen LogP contribution in [0.4, 0.5) is 0 Å². The molecule has 0 bridgehead atoms. The third kappa shape index (κ3) is 4.20. The van der Waals surface area contributed by atoms with Gasteiger partial charge < -0.3 is 15.4 Å². The van der Waals surface area contributed by atoms with E-state index in [0.717, 1.165) is 36.0 Å². The standard InChI is InChI=1S/C16H23BrN2O2/c1-11(18)14-10-13(17)6-7-15(14)21-12(2)16(20)19-8-4-3-5-9-19/h6-7,10-12H,3-5,8-9,18H2,1-2H3/t11-,12?/m1/s1. The van der Waals surface area contributed by atoms with Crippen molar-refractivity contribution >= 4 is 21.8 Å². The van der Waals surface area contributed by atoms with Crippen molar-refractivity contribution in [3.8, 4) is 5.75 Å². The number of likely N-dealkylation sites (tertiary alicyclic amines) is 1. The summed E-state index contributed by atoms with van der Waals surface area (Å²) in [5.41, 5.74) is 6.89. The summed E-state index contributed by atoms with van der Waals surface area (Å²) < 4.78 is 6.84. The Morgan fingerprint density at radius 2 is 1.95 bits per heavy atom. The predicted molar refractivity (Wildman–Crippen MR) is 87.3 cm³/mol. The van der Waals surface area contributed by atoms with E-state index in [-0.39, 0.29) is 11.9 Å². The first-order chi connectivity index (χ1) is 9.99. The Bertz CT molecular complexity index is 499. The van der Waals surface area contributed by atoms with Crippen molar-refractivity contribution in [1.82, 2.24) is 4.90 Å². The van der Waals surface area contributed by atoms with Crippen molar-refractivity contribution in [2.24, 2.45) is 5.73 Å². The van der Waals surface area contributed by atoms with E-state index in [1.165, 1.54) is 6.42 Å². The van der Waals surface area contributed by atoms with Gasteiger partial charge in [-0.3, -0.25) is 4.79 Å². The molecule has 0 saturated carbocycles. The van der Waals surface area contributed by atoms with E-state index >= 15 is 0 Å². The van der Waals surface area contributed by atoms with E-state index in [1.807, 2.05) is 36.9 Å². The molecule has 1 aromatic rings. The number of carbonyl (C=O) groups is 1. The van der Waals surface area contributed by atoms with Crippen LogP contribution in [0.1, 0.15) is 44.7 Å². The summed E-state index contributed by atoms with van der Waals surface area (Å²) >= 11 is 3.44. The molecule has 1 aliphatic heterocycles. The van der Waals surface area contributed by atoms with Crippen molar-refractivity contribution in [2.45, 2.75) is 45.3 Å². The molecule has 1 unspecified atom stereocenters. The number of ether oxygens (including phenoxy) is 1. The number of carbonyl (C=O) groups excluding carboxylic acids is 1. The van der Waals surface area contributed by atoms with Crippen LogP contribution < -0.4 is 10.5 Å². The van der Waals surface area contributed by atoms with Crippen LogP contribution in [0.3, 0.4) is 0 Å². The molecule has 1 aliphatic rings. The molecule has 2 rings (SSSR count).